The van der Waals surface area contributed by atoms with Gasteiger partial charge in [-0.1, -0.05) is 84.9 Å². The summed E-state index contributed by atoms with van der Waals surface area (Å²) >= 11 is 0. The fourth-order valence-corrected chi connectivity index (χ4v) is 7.33. The molecule has 220 valence electrons. The number of hydrogen-bond donors (Lipinski definition) is 0. The molecule has 0 unspecified atom stereocenters. The number of aromatic nitrogens is 4. The quantitative estimate of drug-likeness (QED) is 0.202. The smallest absolute Gasteiger partial charge is 0.137 e. The third-order valence-corrected chi connectivity index (χ3v) is 9.35. The summed E-state index contributed by atoms with van der Waals surface area (Å²) in [5.74, 6) is 1.79. The largest absolute Gasteiger partial charge is 0.309 e. The molecule has 1 aliphatic rings. The molecular formula is C42H27N5. The summed E-state index contributed by atoms with van der Waals surface area (Å²) in [6, 6.07) is 49.5. The van der Waals surface area contributed by atoms with Crippen molar-refractivity contribution in [2.75, 3.05) is 4.90 Å². The van der Waals surface area contributed by atoms with E-state index in [0.29, 0.717) is 0 Å². The zero-order valence-corrected chi connectivity index (χ0v) is 25.3. The van der Waals surface area contributed by atoms with Gasteiger partial charge in [-0.3, -0.25) is 9.47 Å². The van der Waals surface area contributed by atoms with Gasteiger partial charge in [0.2, 0.25) is 0 Å². The fraction of sp³-hybridized carbons (Fsp3) is 0. The SMILES string of the molecule is C1=Cc2cc3c4ccccc4n(-c4ccc5c6ccccc6n(-c6ccccn6)c5c4)c3cc2N(c2ccccn2)c2ccccc21. The minimum Gasteiger partial charge on any atom is -0.309 e. The highest BCUT2D eigenvalue weighted by Crippen LogP contribution is 2.45. The standard InChI is InChI=1S/C42H27N5/c1-4-14-35-28(11-1)19-20-29-25-34-32-13-3-5-15-36(32)45(40(34)27-38(29)46(35)41-17-7-9-23-43-41)30-21-22-33-31-12-2-6-16-37(31)47(39(33)26-30)42-18-8-10-24-44-42/h1-27H. The van der Waals surface area contributed by atoms with Gasteiger partial charge in [-0.15, -0.1) is 0 Å². The summed E-state index contributed by atoms with van der Waals surface area (Å²) in [7, 11) is 0. The second kappa shape index (κ2) is 10.0. The molecule has 5 heteroatoms. The van der Waals surface area contributed by atoms with Crippen molar-refractivity contribution in [1.29, 1.82) is 0 Å². The fourth-order valence-electron chi connectivity index (χ4n) is 7.33. The predicted octanol–water partition coefficient (Wildman–Crippen LogP) is 10.6. The van der Waals surface area contributed by atoms with E-state index in [1.807, 2.05) is 36.7 Å². The summed E-state index contributed by atoms with van der Waals surface area (Å²) in [4.78, 5) is 11.9. The maximum atomic E-state index is 4.82. The van der Waals surface area contributed by atoms with Crippen molar-refractivity contribution in [1.82, 2.24) is 19.1 Å². The molecular weight excluding hydrogens is 574 g/mol. The maximum Gasteiger partial charge on any atom is 0.137 e. The Hall–Kier alpha value is -6.46. The molecule has 0 atom stereocenters. The van der Waals surface area contributed by atoms with Crippen LogP contribution in [0.3, 0.4) is 0 Å². The number of anilines is 3. The van der Waals surface area contributed by atoms with Gasteiger partial charge in [0.25, 0.3) is 0 Å². The lowest BCUT2D eigenvalue weighted by Crippen LogP contribution is -2.13. The molecule has 0 radical (unpaired) electrons. The highest BCUT2D eigenvalue weighted by atomic mass is 15.2. The van der Waals surface area contributed by atoms with Gasteiger partial charge in [-0.05, 0) is 77.9 Å². The molecule has 10 rings (SSSR count). The summed E-state index contributed by atoms with van der Waals surface area (Å²) < 4.78 is 4.68. The first kappa shape index (κ1) is 25.8. The Balaban J connectivity index is 1.29. The van der Waals surface area contributed by atoms with Gasteiger partial charge in [0.1, 0.15) is 11.6 Å². The molecule has 47 heavy (non-hydrogen) atoms. The Labute approximate surface area is 270 Å². The summed E-state index contributed by atoms with van der Waals surface area (Å²) in [6.07, 6.45) is 8.17. The molecule has 0 saturated heterocycles. The molecule has 1 aliphatic heterocycles. The predicted molar refractivity (Wildman–Crippen MR) is 194 cm³/mol. The minimum atomic E-state index is 0.883. The van der Waals surface area contributed by atoms with Crippen LogP contribution in [0.5, 0.6) is 0 Å². The molecule has 0 amide bonds. The van der Waals surface area contributed by atoms with E-state index in [1.54, 1.807) is 0 Å². The lowest BCUT2D eigenvalue weighted by molar-refractivity contribution is 1.08. The third-order valence-electron chi connectivity index (χ3n) is 9.35. The number of pyridine rings is 2. The Bertz CT molecular complexity index is 2680. The van der Waals surface area contributed by atoms with E-state index in [9.17, 15) is 0 Å². The van der Waals surface area contributed by atoms with Crippen LogP contribution < -0.4 is 4.90 Å². The number of benzene rings is 5. The Morgan fingerprint density at radius 2 is 1.00 bits per heavy atom. The van der Waals surface area contributed by atoms with Gasteiger partial charge in [0.05, 0.1) is 33.4 Å². The van der Waals surface area contributed by atoms with Gasteiger partial charge in [0, 0.05) is 39.6 Å². The molecule has 9 aromatic rings. The lowest BCUT2D eigenvalue weighted by atomic mass is 10.1. The second-order valence-corrected chi connectivity index (χ2v) is 11.9. The Kier molecular flexibility index (Phi) is 5.51. The van der Waals surface area contributed by atoms with Crippen LogP contribution in [0.15, 0.2) is 152 Å². The molecule has 4 aromatic heterocycles. The van der Waals surface area contributed by atoms with Crippen LogP contribution in [0.2, 0.25) is 0 Å². The molecule has 5 nitrogen and oxygen atoms in total. The van der Waals surface area contributed by atoms with Crippen molar-refractivity contribution in [2.24, 2.45) is 0 Å². The number of hydrogen-bond acceptors (Lipinski definition) is 3. The van der Waals surface area contributed by atoms with E-state index < -0.39 is 0 Å². The summed E-state index contributed by atoms with van der Waals surface area (Å²) in [5.41, 5.74) is 10.1. The van der Waals surface area contributed by atoms with E-state index in [1.165, 1.54) is 21.5 Å². The third kappa shape index (κ3) is 3.83. The molecule has 0 fully saturated rings. The highest BCUT2D eigenvalue weighted by molar-refractivity contribution is 6.13. The van der Waals surface area contributed by atoms with Crippen LogP contribution in [0, 0.1) is 0 Å². The first-order chi connectivity index (χ1) is 23.3. The first-order valence-electron chi connectivity index (χ1n) is 15.8. The molecule has 0 spiro atoms. The van der Waals surface area contributed by atoms with Crippen LogP contribution in [0.1, 0.15) is 11.1 Å². The van der Waals surface area contributed by atoms with Crippen molar-refractivity contribution < 1.29 is 0 Å². The zero-order chi connectivity index (χ0) is 30.9. The van der Waals surface area contributed by atoms with Crippen LogP contribution in [-0.2, 0) is 0 Å². The summed E-state index contributed by atoms with van der Waals surface area (Å²) in [6.45, 7) is 0. The zero-order valence-electron chi connectivity index (χ0n) is 25.3. The van der Waals surface area contributed by atoms with E-state index >= 15 is 0 Å². The van der Waals surface area contributed by atoms with Crippen molar-refractivity contribution in [3.8, 4) is 11.5 Å². The van der Waals surface area contributed by atoms with Crippen LogP contribution in [-0.4, -0.2) is 19.1 Å². The normalized spacial score (nSPS) is 12.6. The van der Waals surface area contributed by atoms with Crippen molar-refractivity contribution >= 4 is 73.0 Å². The topological polar surface area (TPSA) is 38.9 Å². The monoisotopic (exact) mass is 601 g/mol. The average molecular weight is 602 g/mol. The first-order valence-corrected chi connectivity index (χ1v) is 15.8. The highest BCUT2D eigenvalue weighted by Gasteiger charge is 2.24. The van der Waals surface area contributed by atoms with Crippen molar-refractivity contribution in [2.45, 2.75) is 0 Å². The number of para-hydroxylation sites is 3. The molecule has 0 bridgehead atoms. The van der Waals surface area contributed by atoms with Gasteiger partial charge in [0.15, 0.2) is 0 Å². The van der Waals surface area contributed by atoms with Crippen molar-refractivity contribution in [3.63, 3.8) is 0 Å². The van der Waals surface area contributed by atoms with E-state index in [-0.39, 0.29) is 0 Å². The Morgan fingerprint density at radius 1 is 0.383 bits per heavy atom. The molecule has 5 heterocycles. The van der Waals surface area contributed by atoms with E-state index in [4.69, 9.17) is 9.97 Å². The molecule has 0 saturated carbocycles. The number of fused-ring (bicyclic) bond motifs is 8. The van der Waals surface area contributed by atoms with E-state index in [2.05, 4.69) is 141 Å². The van der Waals surface area contributed by atoms with Crippen molar-refractivity contribution in [3.05, 3.63) is 163 Å². The second-order valence-electron chi connectivity index (χ2n) is 11.9. The molecule has 0 N–H and O–H groups in total. The summed E-state index contributed by atoms with van der Waals surface area (Å²) in [5, 5.41) is 4.84. The average Bonchev–Trinajstić information content (AvgIpc) is 3.57. The number of nitrogens with zero attached hydrogens (tertiary/aromatic N) is 5. The minimum absolute atomic E-state index is 0.883. The lowest BCUT2D eigenvalue weighted by Gasteiger charge is -2.26. The van der Waals surface area contributed by atoms with Gasteiger partial charge >= 0.3 is 0 Å². The van der Waals surface area contributed by atoms with Crippen LogP contribution in [0.4, 0.5) is 17.2 Å². The van der Waals surface area contributed by atoms with Crippen LogP contribution in [0.25, 0.3) is 67.3 Å². The van der Waals surface area contributed by atoms with Gasteiger partial charge in [-0.25, -0.2) is 9.97 Å². The van der Waals surface area contributed by atoms with Gasteiger partial charge in [-0.2, -0.15) is 0 Å². The molecule has 5 aromatic carbocycles. The Morgan fingerprint density at radius 3 is 1.79 bits per heavy atom. The van der Waals surface area contributed by atoms with Crippen LogP contribution >= 0.6 is 0 Å². The van der Waals surface area contributed by atoms with Gasteiger partial charge < -0.3 is 4.57 Å². The van der Waals surface area contributed by atoms with E-state index in [0.717, 1.165) is 61.9 Å². The molecule has 0 aliphatic carbocycles. The number of rotatable bonds is 3. The maximum absolute atomic E-state index is 4.82.